The Labute approximate surface area is 95.7 Å². The summed E-state index contributed by atoms with van der Waals surface area (Å²) in [7, 11) is 0. The molecule has 3 heteroatoms. The van der Waals surface area contributed by atoms with Crippen LogP contribution in [0.25, 0.3) is 10.9 Å². The van der Waals surface area contributed by atoms with E-state index >= 15 is 0 Å². The highest BCUT2D eigenvalue weighted by Gasteiger charge is 1.97. The Balaban J connectivity index is 0.00000112. The van der Waals surface area contributed by atoms with Crippen molar-refractivity contribution >= 4 is 23.3 Å². The molecule has 0 aliphatic carbocycles. The Morgan fingerprint density at radius 1 is 1.20 bits per heavy atom. The second-order valence-corrected chi connectivity index (χ2v) is 3.24. The number of halogens is 1. The van der Waals surface area contributed by atoms with Gasteiger partial charge in [-0.2, -0.15) is 0 Å². The molecule has 1 heterocycles. The quantitative estimate of drug-likeness (QED) is 0.779. The molecule has 2 nitrogen and oxygen atoms in total. The van der Waals surface area contributed by atoms with E-state index in [4.69, 9.17) is 4.74 Å². The maximum Gasteiger partial charge on any atom is 0.120 e. The predicted octanol–water partition coefficient (Wildman–Crippen LogP) is 3.36. The minimum Gasteiger partial charge on any atom is -0.494 e. The number of benzene rings is 1. The maximum absolute atomic E-state index is 5.42. The molecule has 0 fully saturated rings. The fraction of sp³-hybridized carbons (Fsp3) is 0.250. The molecule has 0 N–H and O–H groups in total. The van der Waals surface area contributed by atoms with Gasteiger partial charge in [0.05, 0.1) is 12.1 Å². The Kier molecular flexibility index (Phi) is 3.92. The van der Waals surface area contributed by atoms with E-state index in [2.05, 4.69) is 11.1 Å². The number of rotatable bonds is 2. The third kappa shape index (κ3) is 2.60. The number of aryl methyl sites for hydroxylation is 1. The molecule has 0 bridgehead atoms. The normalized spacial score (nSPS) is 9.73. The lowest BCUT2D eigenvalue weighted by Crippen LogP contribution is -1.91. The first-order valence-corrected chi connectivity index (χ1v) is 4.80. The van der Waals surface area contributed by atoms with Gasteiger partial charge in [-0.1, -0.05) is 6.07 Å². The van der Waals surface area contributed by atoms with Crippen LogP contribution in [0.4, 0.5) is 0 Å². The van der Waals surface area contributed by atoms with Crippen molar-refractivity contribution in [3.8, 4) is 5.75 Å². The lowest BCUT2D eigenvalue weighted by Gasteiger charge is -2.04. The molecular weight excluding hydrogens is 210 g/mol. The zero-order valence-electron chi connectivity index (χ0n) is 8.86. The first-order chi connectivity index (χ1) is 6.79. The first-order valence-electron chi connectivity index (χ1n) is 4.80. The molecule has 0 saturated carbocycles. The third-order valence-corrected chi connectivity index (χ3v) is 2.11. The van der Waals surface area contributed by atoms with Crippen LogP contribution in [0.15, 0.2) is 30.3 Å². The van der Waals surface area contributed by atoms with Crippen LogP contribution in [0, 0.1) is 6.92 Å². The van der Waals surface area contributed by atoms with Gasteiger partial charge in [-0.05, 0) is 38.1 Å². The standard InChI is InChI=1S/C12H13NO.ClH/c1-3-14-11-6-7-12-10(8-11)5-4-9(2)13-12;/h4-8H,3H2,1-2H3;1H. The highest BCUT2D eigenvalue weighted by molar-refractivity contribution is 5.85. The van der Waals surface area contributed by atoms with Crippen molar-refractivity contribution in [2.75, 3.05) is 6.61 Å². The number of pyridine rings is 1. The second kappa shape index (κ2) is 4.99. The van der Waals surface area contributed by atoms with E-state index in [-0.39, 0.29) is 12.4 Å². The van der Waals surface area contributed by atoms with E-state index in [9.17, 15) is 0 Å². The smallest absolute Gasteiger partial charge is 0.120 e. The van der Waals surface area contributed by atoms with Crippen LogP contribution < -0.4 is 4.74 Å². The minimum atomic E-state index is 0. The molecule has 0 amide bonds. The van der Waals surface area contributed by atoms with E-state index in [1.807, 2.05) is 38.1 Å². The summed E-state index contributed by atoms with van der Waals surface area (Å²) < 4.78 is 5.42. The number of fused-ring (bicyclic) bond motifs is 1. The molecular formula is C12H14ClNO. The fourth-order valence-corrected chi connectivity index (χ4v) is 1.46. The third-order valence-electron chi connectivity index (χ3n) is 2.11. The summed E-state index contributed by atoms with van der Waals surface area (Å²) in [6, 6.07) is 10.1. The van der Waals surface area contributed by atoms with Crippen molar-refractivity contribution in [2.45, 2.75) is 13.8 Å². The van der Waals surface area contributed by atoms with Gasteiger partial charge in [0.25, 0.3) is 0 Å². The van der Waals surface area contributed by atoms with Crippen LogP contribution in [-0.2, 0) is 0 Å². The maximum atomic E-state index is 5.42. The van der Waals surface area contributed by atoms with Crippen molar-refractivity contribution in [1.29, 1.82) is 0 Å². The largest absolute Gasteiger partial charge is 0.494 e. The number of hydrogen-bond acceptors (Lipinski definition) is 2. The molecule has 15 heavy (non-hydrogen) atoms. The average Bonchev–Trinajstić information content (AvgIpc) is 2.19. The van der Waals surface area contributed by atoms with Gasteiger partial charge in [-0.15, -0.1) is 12.4 Å². The molecule has 80 valence electrons. The SMILES string of the molecule is CCOc1ccc2nc(C)ccc2c1.Cl. The van der Waals surface area contributed by atoms with E-state index in [0.29, 0.717) is 6.61 Å². The number of aromatic nitrogens is 1. The summed E-state index contributed by atoms with van der Waals surface area (Å²) in [6.45, 7) is 4.68. The molecule has 0 aliphatic heterocycles. The number of nitrogens with zero attached hydrogens (tertiary/aromatic N) is 1. The van der Waals surface area contributed by atoms with Crippen LogP contribution in [0.1, 0.15) is 12.6 Å². The molecule has 0 radical (unpaired) electrons. The Morgan fingerprint density at radius 2 is 2.00 bits per heavy atom. The highest BCUT2D eigenvalue weighted by Crippen LogP contribution is 2.19. The van der Waals surface area contributed by atoms with E-state index < -0.39 is 0 Å². The van der Waals surface area contributed by atoms with Crippen LogP contribution in [0.2, 0.25) is 0 Å². The molecule has 2 aromatic rings. The lowest BCUT2D eigenvalue weighted by atomic mass is 10.2. The van der Waals surface area contributed by atoms with Gasteiger partial charge in [-0.25, -0.2) is 0 Å². The van der Waals surface area contributed by atoms with Gasteiger partial charge in [-0.3, -0.25) is 4.98 Å². The summed E-state index contributed by atoms with van der Waals surface area (Å²) in [5.74, 6) is 0.908. The summed E-state index contributed by atoms with van der Waals surface area (Å²) in [4.78, 5) is 4.42. The summed E-state index contributed by atoms with van der Waals surface area (Å²) in [5, 5.41) is 1.13. The van der Waals surface area contributed by atoms with Gasteiger partial charge >= 0.3 is 0 Å². The summed E-state index contributed by atoms with van der Waals surface area (Å²) in [5.41, 5.74) is 2.06. The number of ether oxygens (including phenoxy) is 1. The molecule has 0 atom stereocenters. The van der Waals surface area contributed by atoms with Crippen molar-refractivity contribution in [2.24, 2.45) is 0 Å². The van der Waals surface area contributed by atoms with Crippen molar-refractivity contribution in [1.82, 2.24) is 4.98 Å². The van der Waals surface area contributed by atoms with Gasteiger partial charge in [0.1, 0.15) is 5.75 Å². The Hall–Kier alpha value is -1.28. The zero-order valence-corrected chi connectivity index (χ0v) is 9.67. The van der Waals surface area contributed by atoms with Gasteiger partial charge in [0.2, 0.25) is 0 Å². The molecule has 1 aromatic carbocycles. The fourth-order valence-electron chi connectivity index (χ4n) is 1.46. The molecule has 1 aromatic heterocycles. The molecule has 0 aliphatic rings. The van der Waals surface area contributed by atoms with Crippen LogP contribution >= 0.6 is 12.4 Å². The Morgan fingerprint density at radius 3 is 2.73 bits per heavy atom. The zero-order chi connectivity index (χ0) is 9.97. The molecule has 0 saturated heterocycles. The lowest BCUT2D eigenvalue weighted by molar-refractivity contribution is 0.340. The monoisotopic (exact) mass is 223 g/mol. The van der Waals surface area contributed by atoms with E-state index in [1.54, 1.807) is 0 Å². The van der Waals surface area contributed by atoms with Crippen LogP contribution in [0.3, 0.4) is 0 Å². The van der Waals surface area contributed by atoms with Gasteiger partial charge in [0, 0.05) is 11.1 Å². The molecule has 0 unspecified atom stereocenters. The van der Waals surface area contributed by atoms with Crippen LogP contribution in [0.5, 0.6) is 5.75 Å². The predicted molar refractivity (Wildman–Crippen MR) is 64.9 cm³/mol. The second-order valence-electron chi connectivity index (χ2n) is 3.24. The summed E-state index contributed by atoms with van der Waals surface area (Å²) in [6.07, 6.45) is 0. The van der Waals surface area contributed by atoms with Crippen molar-refractivity contribution < 1.29 is 4.74 Å². The van der Waals surface area contributed by atoms with Gasteiger partial charge < -0.3 is 4.74 Å². The van der Waals surface area contributed by atoms with Crippen LogP contribution in [-0.4, -0.2) is 11.6 Å². The van der Waals surface area contributed by atoms with Gasteiger partial charge in [0.15, 0.2) is 0 Å². The first kappa shape index (κ1) is 11.8. The topological polar surface area (TPSA) is 22.1 Å². The van der Waals surface area contributed by atoms with Crippen molar-refractivity contribution in [3.63, 3.8) is 0 Å². The average molecular weight is 224 g/mol. The summed E-state index contributed by atoms with van der Waals surface area (Å²) >= 11 is 0. The molecule has 0 spiro atoms. The Bertz CT molecular complexity index is 456. The van der Waals surface area contributed by atoms with Crippen molar-refractivity contribution in [3.05, 3.63) is 36.0 Å². The number of hydrogen-bond donors (Lipinski definition) is 0. The van der Waals surface area contributed by atoms with E-state index in [1.165, 1.54) is 0 Å². The minimum absolute atomic E-state index is 0. The van der Waals surface area contributed by atoms with E-state index in [0.717, 1.165) is 22.3 Å². The highest BCUT2D eigenvalue weighted by atomic mass is 35.5. The molecule has 2 rings (SSSR count).